The van der Waals surface area contributed by atoms with Gasteiger partial charge in [-0.2, -0.15) is 0 Å². The second-order valence-electron chi connectivity index (χ2n) is 5.22. The van der Waals surface area contributed by atoms with Crippen LogP contribution in [0.25, 0.3) is 0 Å². The van der Waals surface area contributed by atoms with Gasteiger partial charge in [0.15, 0.2) is 0 Å². The fraction of sp³-hybridized carbons (Fsp3) is 0.692. The molecule has 1 N–H and O–H groups in total. The summed E-state index contributed by atoms with van der Waals surface area (Å²) in [5.41, 5.74) is 0.215. The fourth-order valence-corrected chi connectivity index (χ4v) is 3.19. The Morgan fingerprint density at radius 1 is 1.68 bits per heavy atom. The minimum Gasteiger partial charge on any atom is -0.378 e. The molecule has 2 saturated heterocycles. The summed E-state index contributed by atoms with van der Waals surface area (Å²) in [6.45, 7) is 2.05. The Bertz CT molecular complexity index is 440. The maximum Gasteiger partial charge on any atom is 0.272 e. The molecule has 2 fully saturated rings. The highest BCUT2D eigenvalue weighted by molar-refractivity contribution is 5.92. The van der Waals surface area contributed by atoms with Gasteiger partial charge >= 0.3 is 0 Å². The molecule has 2 atom stereocenters. The van der Waals surface area contributed by atoms with Crippen molar-refractivity contribution in [1.82, 2.24) is 14.9 Å². The average Bonchev–Trinajstić information content (AvgIpc) is 3.10. The van der Waals surface area contributed by atoms with E-state index in [1.54, 1.807) is 13.3 Å². The number of nitrogens with one attached hydrogen (secondary N) is 1. The molecular weight excluding hydrogens is 246 g/mol. The van der Waals surface area contributed by atoms with Crippen LogP contribution in [-0.2, 0) is 9.47 Å². The third kappa shape index (κ3) is 2.15. The van der Waals surface area contributed by atoms with Crippen LogP contribution in [0.1, 0.15) is 29.8 Å². The van der Waals surface area contributed by atoms with Gasteiger partial charge in [0.2, 0.25) is 0 Å². The van der Waals surface area contributed by atoms with E-state index in [4.69, 9.17) is 9.47 Å². The highest BCUT2D eigenvalue weighted by Gasteiger charge is 2.48. The van der Waals surface area contributed by atoms with E-state index >= 15 is 0 Å². The lowest BCUT2D eigenvalue weighted by Gasteiger charge is -2.44. The first kappa shape index (κ1) is 12.6. The van der Waals surface area contributed by atoms with Crippen molar-refractivity contribution in [2.24, 2.45) is 0 Å². The molecule has 3 rings (SSSR count). The topological polar surface area (TPSA) is 67.5 Å². The van der Waals surface area contributed by atoms with Crippen molar-refractivity contribution in [3.63, 3.8) is 0 Å². The number of piperidine rings is 1. The van der Waals surface area contributed by atoms with Crippen LogP contribution in [0.4, 0.5) is 0 Å². The molecule has 6 heteroatoms. The molecule has 0 aromatic carbocycles. The van der Waals surface area contributed by atoms with Gasteiger partial charge in [-0.3, -0.25) is 4.79 Å². The van der Waals surface area contributed by atoms with Crippen molar-refractivity contribution in [1.29, 1.82) is 0 Å². The van der Waals surface area contributed by atoms with E-state index in [1.165, 1.54) is 6.33 Å². The van der Waals surface area contributed by atoms with Gasteiger partial charge in [-0.1, -0.05) is 0 Å². The normalized spacial score (nSPS) is 31.0. The van der Waals surface area contributed by atoms with E-state index in [2.05, 4.69) is 9.97 Å². The number of methoxy groups -OCH3 is 1. The molecule has 1 amide bonds. The second kappa shape index (κ2) is 4.94. The number of amides is 1. The molecule has 19 heavy (non-hydrogen) atoms. The molecule has 2 aliphatic heterocycles. The lowest BCUT2D eigenvalue weighted by Crippen LogP contribution is -2.58. The van der Waals surface area contributed by atoms with Crippen LogP contribution in [0, 0.1) is 0 Å². The molecule has 0 saturated carbocycles. The first-order valence-electron chi connectivity index (χ1n) is 6.69. The van der Waals surface area contributed by atoms with E-state index in [0.29, 0.717) is 18.8 Å². The Labute approximate surface area is 112 Å². The van der Waals surface area contributed by atoms with Gasteiger partial charge in [-0.05, 0) is 19.3 Å². The quantitative estimate of drug-likeness (QED) is 0.859. The lowest BCUT2D eigenvalue weighted by molar-refractivity contribution is -0.137. The monoisotopic (exact) mass is 265 g/mol. The number of hydrogen-bond donors (Lipinski definition) is 1. The highest BCUT2D eigenvalue weighted by Crippen LogP contribution is 2.36. The van der Waals surface area contributed by atoms with E-state index in [0.717, 1.165) is 25.9 Å². The summed E-state index contributed by atoms with van der Waals surface area (Å²) in [4.78, 5) is 21.0. The van der Waals surface area contributed by atoms with Crippen molar-refractivity contribution in [3.05, 3.63) is 18.2 Å². The Balaban J connectivity index is 1.77. The smallest absolute Gasteiger partial charge is 0.272 e. The Kier molecular flexibility index (Phi) is 3.28. The zero-order valence-corrected chi connectivity index (χ0v) is 11.1. The number of ether oxygens (including phenoxy) is 2. The summed E-state index contributed by atoms with van der Waals surface area (Å²) in [5.74, 6) is -0.0121. The van der Waals surface area contributed by atoms with Gasteiger partial charge in [0.1, 0.15) is 11.3 Å². The highest BCUT2D eigenvalue weighted by atomic mass is 16.6. The van der Waals surface area contributed by atoms with Crippen molar-refractivity contribution in [3.8, 4) is 0 Å². The molecule has 0 bridgehead atoms. The van der Waals surface area contributed by atoms with Crippen LogP contribution in [0.5, 0.6) is 0 Å². The summed E-state index contributed by atoms with van der Waals surface area (Å²) in [7, 11) is 1.72. The van der Waals surface area contributed by atoms with Crippen molar-refractivity contribution in [2.75, 3.05) is 26.8 Å². The number of carbonyl (C=O) groups is 1. The predicted octanol–water partition coefficient (Wildman–Crippen LogP) is 0.820. The van der Waals surface area contributed by atoms with Crippen LogP contribution in [-0.4, -0.2) is 59.3 Å². The second-order valence-corrected chi connectivity index (χ2v) is 5.22. The minimum absolute atomic E-state index is 0.0121. The van der Waals surface area contributed by atoms with Crippen LogP contribution in [0.15, 0.2) is 12.5 Å². The summed E-state index contributed by atoms with van der Waals surface area (Å²) in [6, 6.07) is 0. The molecule has 1 aromatic rings. The molecule has 0 aliphatic carbocycles. The molecule has 1 spiro atoms. The fourth-order valence-electron chi connectivity index (χ4n) is 3.19. The lowest BCUT2D eigenvalue weighted by atomic mass is 9.86. The average molecular weight is 265 g/mol. The molecule has 2 aliphatic rings. The van der Waals surface area contributed by atoms with Crippen molar-refractivity contribution < 1.29 is 14.3 Å². The number of aromatic amines is 1. The number of aromatic nitrogens is 2. The van der Waals surface area contributed by atoms with E-state index < -0.39 is 0 Å². The standard InChI is InChI=1S/C13H19N3O3/c1-18-11-3-5-16(8-13(11)4-2-6-19-13)12(17)10-7-14-9-15-10/h7,9,11H,2-6,8H2,1H3,(H,14,15)/t11-,13-/m0/s1. The summed E-state index contributed by atoms with van der Waals surface area (Å²) >= 11 is 0. The van der Waals surface area contributed by atoms with Crippen LogP contribution in [0.3, 0.4) is 0 Å². The zero-order chi connectivity index (χ0) is 13.3. The predicted molar refractivity (Wildman–Crippen MR) is 67.8 cm³/mol. The van der Waals surface area contributed by atoms with Crippen LogP contribution >= 0.6 is 0 Å². The van der Waals surface area contributed by atoms with E-state index in [-0.39, 0.29) is 17.6 Å². The molecular formula is C13H19N3O3. The first-order valence-corrected chi connectivity index (χ1v) is 6.69. The zero-order valence-electron chi connectivity index (χ0n) is 11.1. The molecule has 3 heterocycles. The summed E-state index contributed by atoms with van der Waals surface area (Å²) in [6.07, 6.45) is 5.98. The molecule has 0 unspecified atom stereocenters. The molecule has 104 valence electrons. The molecule has 0 radical (unpaired) electrons. The third-order valence-corrected chi connectivity index (χ3v) is 4.14. The van der Waals surface area contributed by atoms with Crippen LogP contribution in [0.2, 0.25) is 0 Å². The number of imidazole rings is 1. The van der Waals surface area contributed by atoms with Crippen LogP contribution < -0.4 is 0 Å². The number of rotatable bonds is 2. The maximum atomic E-state index is 12.4. The SMILES string of the molecule is CO[C@H]1CCN(C(=O)c2cnc[nH]2)C[C@@]12CCCO2. The Morgan fingerprint density at radius 2 is 2.58 bits per heavy atom. The van der Waals surface area contributed by atoms with Gasteiger partial charge in [0, 0.05) is 20.3 Å². The third-order valence-electron chi connectivity index (χ3n) is 4.14. The van der Waals surface area contributed by atoms with Crippen molar-refractivity contribution >= 4 is 5.91 Å². The number of nitrogens with zero attached hydrogens (tertiary/aromatic N) is 2. The summed E-state index contributed by atoms with van der Waals surface area (Å²) in [5, 5.41) is 0. The summed E-state index contributed by atoms with van der Waals surface area (Å²) < 4.78 is 11.5. The maximum absolute atomic E-state index is 12.4. The molecule has 6 nitrogen and oxygen atoms in total. The van der Waals surface area contributed by atoms with Crippen molar-refractivity contribution in [2.45, 2.75) is 31.0 Å². The van der Waals surface area contributed by atoms with E-state index in [9.17, 15) is 4.79 Å². The van der Waals surface area contributed by atoms with Gasteiger partial charge in [-0.25, -0.2) is 4.98 Å². The number of hydrogen-bond acceptors (Lipinski definition) is 4. The van der Waals surface area contributed by atoms with Gasteiger partial charge < -0.3 is 19.4 Å². The van der Waals surface area contributed by atoms with Gasteiger partial charge in [0.05, 0.1) is 25.2 Å². The Hall–Kier alpha value is -1.40. The Morgan fingerprint density at radius 3 is 3.21 bits per heavy atom. The van der Waals surface area contributed by atoms with Gasteiger partial charge in [0.25, 0.3) is 5.91 Å². The van der Waals surface area contributed by atoms with E-state index in [1.807, 2.05) is 4.90 Å². The first-order chi connectivity index (χ1) is 9.25. The molecule has 1 aromatic heterocycles. The minimum atomic E-state index is -0.317. The number of H-pyrrole nitrogens is 1. The van der Waals surface area contributed by atoms with Gasteiger partial charge in [-0.15, -0.1) is 0 Å². The largest absolute Gasteiger partial charge is 0.378 e. The number of likely N-dealkylation sites (tertiary alicyclic amines) is 1. The number of carbonyl (C=O) groups excluding carboxylic acids is 1.